The molecule has 20 heavy (non-hydrogen) atoms. The fourth-order valence-electron chi connectivity index (χ4n) is 2.17. The average Bonchev–Trinajstić information content (AvgIpc) is 2.43. The lowest BCUT2D eigenvalue weighted by atomic mass is 10.1. The molecule has 2 aromatic carbocycles. The zero-order valence-corrected chi connectivity index (χ0v) is 12.4. The van der Waals surface area contributed by atoms with E-state index in [1.807, 2.05) is 12.1 Å². The third kappa shape index (κ3) is 3.05. The summed E-state index contributed by atoms with van der Waals surface area (Å²) in [5, 5.41) is 13.1. The number of ether oxygens (including phenoxy) is 1. The third-order valence-electron chi connectivity index (χ3n) is 3.47. The fraction of sp³-hybridized carbons (Fsp3) is 0.294. The number of aromatic hydroxyl groups is 1. The Morgan fingerprint density at radius 3 is 2.55 bits per heavy atom. The minimum Gasteiger partial charge on any atom is -0.504 e. The quantitative estimate of drug-likeness (QED) is 0.876. The predicted molar refractivity (Wildman–Crippen MR) is 82.6 cm³/mol. The predicted octanol–water partition coefficient (Wildman–Crippen LogP) is 4.19. The Kier molecular flexibility index (Phi) is 4.18. The normalized spacial score (nSPS) is 12.0. The summed E-state index contributed by atoms with van der Waals surface area (Å²) < 4.78 is 5.15. The van der Waals surface area contributed by atoms with E-state index in [0.29, 0.717) is 5.75 Å². The Balaban J connectivity index is 2.23. The summed E-state index contributed by atoms with van der Waals surface area (Å²) in [7, 11) is 1.56. The second-order valence-corrected chi connectivity index (χ2v) is 5.12. The molecule has 0 amide bonds. The van der Waals surface area contributed by atoms with E-state index in [1.54, 1.807) is 13.2 Å². The molecule has 0 spiro atoms. The number of phenolic OH excluding ortho intramolecular Hbond substituents is 1. The molecule has 0 aliphatic rings. The molecule has 0 bridgehead atoms. The first-order valence-corrected chi connectivity index (χ1v) is 6.72. The number of hydrogen-bond donors (Lipinski definition) is 2. The molecule has 1 unspecified atom stereocenters. The van der Waals surface area contributed by atoms with Gasteiger partial charge in [-0.1, -0.05) is 18.2 Å². The van der Waals surface area contributed by atoms with Crippen LogP contribution in [0.2, 0.25) is 0 Å². The van der Waals surface area contributed by atoms with E-state index >= 15 is 0 Å². The highest BCUT2D eigenvalue weighted by Crippen LogP contribution is 2.30. The zero-order valence-electron chi connectivity index (χ0n) is 12.4. The maximum Gasteiger partial charge on any atom is 0.160 e. The summed E-state index contributed by atoms with van der Waals surface area (Å²) >= 11 is 0. The SMILES string of the molecule is COc1cc(C(C)Nc2cc(C)ccc2C)ccc1O. The molecule has 1 atom stereocenters. The van der Waals surface area contributed by atoms with Crippen molar-refractivity contribution >= 4 is 5.69 Å². The number of benzene rings is 2. The zero-order chi connectivity index (χ0) is 14.7. The summed E-state index contributed by atoms with van der Waals surface area (Å²) in [4.78, 5) is 0. The van der Waals surface area contributed by atoms with Crippen LogP contribution in [0.1, 0.15) is 29.7 Å². The van der Waals surface area contributed by atoms with Gasteiger partial charge in [-0.25, -0.2) is 0 Å². The first-order chi connectivity index (χ1) is 9.51. The standard InChI is InChI=1S/C17H21NO2/c1-11-5-6-12(2)15(9-11)18-13(3)14-7-8-16(19)17(10-14)20-4/h5-10,13,18-19H,1-4H3. The molecular weight excluding hydrogens is 250 g/mol. The molecule has 0 radical (unpaired) electrons. The van der Waals surface area contributed by atoms with Crippen molar-refractivity contribution in [3.05, 3.63) is 53.1 Å². The summed E-state index contributed by atoms with van der Waals surface area (Å²) in [6.45, 7) is 6.26. The third-order valence-corrected chi connectivity index (χ3v) is 3.47. The van der Waals surface area contributed by atoms with Crippen molar-refractivity contribution in [1.29, 1.82) is 0 Å². The summed E-state index contributed by atoms with van der Waals surface area (Å²) in [6, 6.07) is 11.9. The van der Waals surface area contributed by atoms with E-state index in [1.165, 1.54) is 11.1 Å². The van der Waals surface area contributed by atoms with Gasteiger partial charge in [0.15, 0.2) is 11.5 Å². The summed E-state index contributed by atoms with van der Waals surface area (Å²) in [5.74, 6) is 0.660. The van der Waals surface area contributed by atoms with Gasteiger partial charge in [-0.2, -0.15) is 0 Å². The minimum atomic E-state index is 0.130. The van der Waals surface area contributed by atoms with Crippen LogP contribution >= 0.6 is 0 Å². The Morgan fingerprint density at radius 2 is 1.85 bits per heavy atom. The van der Waals surface area contributed by atoms with E-state index < -0.39 is 0 Å². The van der Waals surface area contributed by atoms with Gasteiger partial charge >= 0.3 is 0 Å². The topological polar surface area (TPSA) is 41.5 Å². The van der Waals surface area contributed by atoms with E-state index in [4.69, 9.17) is 4.74 Å². The van der Waals surface area contributed by atoms with Crippen LogP contribution in [0.15, 0.2) is 36.4 Å². The maximum atomic E-state index is 9.64. The van der Waals surface area contributed by atoms with Crippen LogP contribution in [-0.4, -0.2) is 12.2 Å². The lowest BCUT2D eigenvalue weighted by Gasteiger charge is -2.19. The van der Waals surface area contributed by atoms with Crippen LogP contribution in [0.5, 0.6) is 11.5 Å². The second kappa shape index (κ2) is 5.87. The molecule has 2 N–H and O–H groups in total. The fourth-order valence-corrected chi connectivity index (χ4v) is 2.17. The Bertz CT molecular complexity index is 608. The van der Waals surface area contributed by atoms with Crippen LogP contribution in [-0.2, 0) is 0 Å². The smallest absolute Gasteiger partial charge is 0.160 e. The van der Waals surface area contributed by atoms with Gasteiger partial charge in [0.25, 0.3) is 0 Å². The number of methoxy groups -OCH3 is 1. The van der Waals surface area contributed by atoms with Gasteiger partial charge in [-0.15, -0.1) is 0 Å². The first kappa shape index (κ1) is 14.3. The van der Waals surface area contributed by atoms with Gasteiger partial charge in [0, 0.05) is 11.7 Å². The van der Waals surface area contributed by atoms with Crippen LogP contribution in [0.25, 0.3) is 0 Å². The molecule has 2 rings (SSSR count). The highest BCUT2D eigenvalue weighted by Gasteiger charge is 2.10. The lowest BCUT2D eigenvalue weighted by molar-refractivity contribution is 0.373. The number of hydrogen-bond acceptors (Lipinski definition) is 3. The maximum absolute atomic E-state index is 9.64. The summed E-state index contributed by atoms with van der Waals surface area (Å²) in [6.07, 6.45) is 0. The van der Waals surface area contributed by atoms with Crippen LogP contribution in [0, 0.1) is 13.8 Å². The highest BCUT2D eigenvalue weighted by atomic mass is 16.5. The molecule has 0 aliphatic carbocycles. The average molecular weight is 271 g/mol. The molecule has 106 valence electrons. The molecule has 0 fully saturated rings. The molecule has 2 aromatic rings. The molecule has 0 saturated heterocycles. The Morgan fingerprint density at radius 1 is 1.10 bits per heavy atom. The number of rotatable bonds is 4. The molecule has 0 heterocycles. The summed E-state index contributed by atoms with van der Waals surface area (Å²) in [5.41, 5.74) is 4.65. The van der Waals surface area contributed by atoms with Gasteiger partial charge in [0.05, 0.1) is 7.11 Å². The molecule has 0 saturated carbocycles. The molecular formula is C17H21NO2. The van der Waals surface area contributed by atoms with Crippen molar-refractivity contribution in [2.24, 2.45) is 0 Å². The monoisotopic (exact) mass is 271 g/mol. The minimum absolute atomic E-state index is 0.130. The van der Waals surface area contributed by atoms with Gasteiger partial charge in [-0.3, -0.25) is 0 Å². The van der Waals surface area contributed by atoms with Crippen LogP contribution in [0.4, 0.5) is 5.69 Å². The van der Waals surface area contributed by atoms with Crippen molar-refractivity contribution in [1.82, 2.24) is 0 Å². The van der Waals surface area contributed by atoms with Gasteiger partial charge in [0.1, 0.15) is 0 Å². The van der Waals surface area contributed by atoms with E-state index in [2.05, 4.69) is 44.3 Å². The van der Waals surface area contributed by atoms with Crippen molar-refractivity contribution in [2.45, 2.75) is 26.8 Å². The van der Waals surface area contributed by atoms with Gasteiger partial charge < -0.3 is 15.2 Å². The lowest BCUT2D eigenvalue weighted by Crippen LogP contribution is -2.08. The largest absolute Gasteiger partial charge is 0.504 e. The van der Waals surface area contributed by atoms with E-state index in [9.17, 15) is 5.11 Å². The molecule has 0 aliphatic heterocycles. The Labute approximate surface area is 120 Å². The molecule has 0 aromatic heterocycles. The molecule has 3 nitrogen and oxygen atoms in total. The van der Waals surface area contributed by atoms with Crippen molar-refractivity contribution in [3.63, 3.8) is 0 Å². The van der Waals surface area contributed by atoms with Crippen molar-refractivity contribution < 1.29 is 9.84 Å². The highest BCUT2D eigenvalue weighted by molar-refractivity contribution is 5.54. The van der Waals surface area contributed by atoms with Crippen molar-refractivity contribution in [2.75, 3.05) is 12.4 Å². The Hall–Kier alpha value is -2.16. The van der Waals surface area contributed by atoms with Crippen LogP contribution in [0.3, 0.4) is 0 Å². The van der Waals surface area contributed by atoms with Gasteiger partial charge in [-0.05, 0) is 55.7 Å². The number of aryl methyl sites for hydroxylation is 2. The van der Waals surface area contributed by atoms with E-state index in [0.717, 1.165) is 11.3 Å². The number of phenols is 1. The van der Waals surface area contributed by atoms with Crippen molar-refractivity contribution in [3.8, 4) is 11.5 Å². The second-order valence-electron chi connectivity index (χ2n) is 5.12. The first-order valence-electron chi connectivity index (χ1n) is 6.72. The number of nitrogens with one attached hydrogen (secondary N) is 1. The van der Waals surface area contributed by atoms with E-state index in [-0.39, 0.29) is 11.8 Å². The molecule has 3 heteroatoms. The van der Waals surface area contributed by atoms with Gasteiger partial charge in [0.2, 0.25) is 0 Å². The van der Waals surface area contributed by atoms with Crippen LogP contribution < -0.4 is 10.1 Å². The number of anilines is 1.